The van der Waals surface area contributed by atoms with Crippen LogP contribution in [-0.2, 0) is 16.1 Å². The molecule has 0 saturated carbocycles. The van der Waals surface area contributed by atoms with E-state index in [9.17, 15) is 4.79 Å². The maximum absolute atomic E-state index is 13.8. The van der Waals surface area contributed by atoms with Crippen LogP contribution in [-0.4, -0.2) is 42.6 Å². The number of hydrogen-bond donors (Lipinski definition) is 0. The first-order valence-electron chi connectivity index (χ1n) is 10.2. The van der Waals surface area contributed by atoms with Gasteiger partial charge in [0.05, 0.1) is 19.3 Å². The minimum absolute atomic E-state index is 0.0192. The number of aromatic amines is 1. The summed E-state index contributed by atoms with van der Waals surface area (Å²) >= 11 is 0. The van der Waals surface area contributed by atoms with Gasteiger partial charge in [-0.15, -0.1) is 0 Å². The van der Waals surface area contributed by atoms with Gasteiger partial charge in [-0.05, 0) is 24.5 Å². The molecule has 2 aromatic rings. The Balaban J connectivity index is 1.42. The van der Waals surface area contributed by atoms with Crippen molar-refractivity contribution in [2.75, 3.05) is 20.2 Å². The third kappa shape index (κ3) is 2.25. The number of methoxy groups -OCH3 is 1. The highest BCUT2D eigenvalue weighted by molar-refractivity contribution is 6.08. The summed E-state index contributed by atoms with van der Waals surface area (Å²) in [5.74, 6) is 1.50. The number of carbonyl (C=O) groups excluding carboxylic acids is 1. The summed E-state index contributed by atoms with van der Waals surface area (Å²) in [7, 11) is 1.61. The molecule has 1 spiro atoms. The van der Waals surface area contributed by atoms with Gasteiger partial charge in [-0.25, -0.2) is 4.52 Å². The zero-order valence-electron chi connectivity index (χ0n) is 16.2. The number of fused-ring (bicyclic) bond motifs is 2. The quantitative estimate of drug-likeness (QED) is 0.773. The van der Waals surface area contributed by atoms with Crippen molar-refractivity contribution in [1.82, 2.24) is 4.90 Å². The Bertz CT molecular complexity index is 996. The lowest BCUT2D eigenvalue weighted by atomic mass is 9.67. The van der Waals surface area contributed by atoms with Crippen LogP contribution in [0.25, 0.3) is 0 Å². The van der Waals surface area contributed by atoms with Gasteiger partial charge < -0.3 is 14.2 Å². The zero-order valence-corrected chi connectivity index (χ0v) is 16.2. The Hall–Kier alpha value is -2.64. The molecule has 150 valence electrons. The summed E-state index contributed by atoms with van der Waals surface area (Å²) in [5, 5.41) is 2.87. The van der Waals surface area contributed by atoms with Crippen LogP contribution < -0.4 is 9.89 Å². The average Bonchev–Trinajstić information content (AvgIpc) is 3.40. The van der Waals surface area contributed by atoms with Crippen LogP contribution in [0, 0.1) is 5.92 Å². The van der Waals surface area contributed by atoms with E-state index in [1.165, 1.54) is 0 Å². The minimum Gasteiger partial charge on any atom is -0.498 e. The molecule has 29 heavy (non-hydrogen) atoms. The van der Waals surface area contributed by atoms with Gasteiger partial charge in [0.25, 0.3) is 0 Å². The van der Waals surface area contributed by atoms with Crippen molar-refractivity contribution in [2.45, 2.75) is 37.2 Å². The fraction of sp³-hybridized carbons (Fsp3) is 0.455. The number of aromatic nitrogens is 1. The van der Waals surface area contributed by atoms with Gasteiger partial charge in [-0.1, -0.05) is 30.3 Å². The number of hydrogen-bond acceptors (Lipinski definition) is 6. The molecule has 1 N–H and O–H groups in total. The maximum Gasteiger partial charge on any atom is 0.424 e. The lowest BCUT2D eigenvalue weighted by molar-refractivity contribution is -0.617. The molecule has 4 aliphatic rings. The Morgan fingerprint density at radius 3 is 2.83 bits per heavy atom. The van der Waals surface area contributed by atoms with E-state index in [1.54, 1.807) is 7.11 Å². The molecule has 1 aromatic heterocycles. The summed E-state index contributed by atoms with van der Waals surface area (Å²) < 4.78 is 23.8. The monoisotopic (exact) mass is 395 g/mol. The summed E-state index contributed by atoms with van der Waals surface area (Å²) in [6, 6.07) is 9.83. The van der Waals surface area contributed by atoms with E-state index >= 15 is 0 Å². The van der Waals surface area contributed by atoms with Crippen LogP contribution in [0.3, 0.4) is 0 Å². The maximum atomic E-state index is 13.8. The van der Waals surface area contributed by atoms with Crippen LogP contribution in [0.1, 0.15) is 40.6 Å². The molecule has 1 unspecified atom stereocenters. The van der Waals surface area contributed by atoms with Gasteiger partial charge >= 0.3 is 5.88 Å². The molecule has 1 aromatic carbocycles. The second kappa shape index (κ2) is 6.18. The van der Waals surface area contributed by atoms with Crippen LogP contribution in [0.5, 0.6) is 5.88 Å². The summed E-state index contributed by atoms with van der Waals surface area (Å²) in [6.45, 7) is 2.32. The van der Waals surface area contributed by atoms with E-state index in [0.717, 1.165) is 31.5 Å². The van der Waals surface area contributed by atoms with E-state index in [4.69, 9.17) is 18.7 Å². The lowest BCUT2D eigenvalue weighted by Crippen LogP contribution is -2.56. The first kappa shape index (κ1) is 17.2. The molecule has 2 fully saturated rings. The number of nitrogens with zero attached hydrogens (tertiary/aromatic N) is 1. The summed E-state index contributed by atoms with van der Waals surface area (Å²) in [4.78, 5) is 16.2. The fourth-order valence-corrected chi connectivity index (χ4v) is 5.31. The topological polar surface area (TPSA) is 75.3 Å². The molecule has 0 amide bonds. The Labute approximate surface area is 168 Å². The summed E-state index contributed by atoms with van der Waals surface area (Å²) in [5.41, 5.74) is 0.402. The molecule has 2 saturated heterocycles. The van der Waals surface area contributed by atoms with Crippen molar-refractivity contribution in [3.63, 3.8) is 0 Å². The molecule has 4 heterocycles. The molecular formula is C22H23N2O5+. The molecule has 7 nitrogen and oxygen atoms in total. The van der Waals surface area contributed by atoms with E-state index < -0.39 is 5.60 Å². The van der Waals surface area contributed by atoms with Gasteiger partial charge in [-0.2, -0.15) is 0 Å². The number of rotatable bonds is 5. The van der Waals surface area contributed by atoms with Gasteiger partial charge in [0.15, 0.2) is 11.2 Å². The second-order valence-corrected chi connectivity index (χ2v) is 8.18. The van der Waals surface area contributed by atoms with Gasteiger partial charge in [0.1, 0.15) is 12.4 Å². The van der Waals surface area contributed by atoms with E-state index in [-0.39, 0.29) is 23.8 Å². The first-order valence-corrected chi connectivity index (χ1v) is 10.2. The molecule has 3 aliphatic heterocycles. The minimum atomic E-state index is -1.07. The van der Waals surface area contributed by atoms with Crippen molar-refractivity contribution < 1.29 is 28.7 Å². The van der Waals surface area contributed by atoms with Crippen LogP contribution in [0.4, 0.5) is 0 Å². The Morgan fingerprint density at radius 1 is 1.28 bits per heavy atom. The number of Topliss-reactive ketones (excluding diaryl/α,β-unsaturated/α-hetero) is 1. The van der Waals surface area contributed by atoms with Gasteiger partial charge in [0.2, 0.25) is 11.5 Å². The predicted octanol–water partition coefficient (Wildman–Crippen LogP) is 2.30. The highest BCUT2D eigenvalue weighted by atomic mass is 16.6. The summed E-state index contributed by atoms with van der Waals surface area (Å²) in [6.07, 6.45) is 3.80. The number of carbonyl (C=O) groups is 1. The van der Waals surface area contributed by atoms with Gasteiger partial charge in [0, 0.05) is 24.2 Å². The molecule has 6 rings (SSSR count). The molecule has 2 bridgehead atoms. The SMILES string of the molecule is COC1=C[C@H]2CC3[C@H](N4CCC4)c4o[nH+]c(OCc5ccccc5)c4C(=O)[C@@]13O2. The highest BCUT2D eigenvalue weighted by Crippen LogP contribution is 2.59. The van der Waals surface area contributed by atoms with Crippen molar-refractivity contribution in [1.29, 1.82) is 0 Å². The van der Waals surface area contributed by atoms with Crippen molar-refractivity contribution >= 4 is 5.78 Å². The smallest absolute Gasteiger partial charge is 0.424 e. The van der Waals surface area contributed by atoms with Crippen molar-refractivity contribution in [3.8, 4) is 5.88 Å². The fourth-order valence-electron chi connectivity index (χ4n) is 5.31. The largest absolute Gasteiger partial charge is 0.498 e. The number of nitrogens with one attached hydrogen (secondary N) is 1. The third-order valence-electron chi connectivity index (χ3n) is 6.72. The van der Waals surface area contributed by atoms with Crippen molar-refractivity contribution in [3.05, 3.63) is 59.1 Å². The molecular weight excluding hydrogens is 372 g/mol. The molecule has 1 aliphatic carbocycles. The number of ether oxygens (including phenoxy) is 3. The van der Waals surface area contributed by atoms with Crippen LogP contribution >= 0.6 is 0 Å². The van der Waals surface area contributed by atoms with Gasteiger partial charge in [-0.3, -0.25) is 9.69 Å². The predicted molar refractivity (Wildman–Crippen MR) is 100 cm³/mol. The van der Waals surface area contributed by atoms with Crippen LogP contribution in [0.15, 0.2) is 46.7 Å². The van der Waals surface area contributed by atoms with E-state index in [2.05, 4.69) is 10.1 Å². The number of likely N-dealkylation sites (tertiary alicyclic amines) is 1. The normalized spacial score (nSPS) is 32.4. The molecule has 4 atom stereocenters. The zero-order chi connectivity index (χ0) is 19.6. The van der Waals surface area contributed by atoms with E-state index in [1.807, 2.05) is 36.4 Å². The average molecular weight is 395 g/mol. The number of H-pyrrole nitrogens is 1. The Kier molecular flexibility index (Phi) is 3.67. The second-order valence-electron chi connectivity index (χ2n) is 8.18. The molecule has 0 radical (unpaired) electrons. The third-order valence-corrected chi connectivity index (χ3v) is 6.72. The van der Waals surface area contributed by atoms with E-state index in [0.29, 0.717) is 29.6 Å². The first-order chi connectivity index (χ1) is 14.2. The highest BCUT2D eigenvalue weighted by Gasteiger charge is 2.70. The Morgan fingerprint density at radius 2 is 2.10 bits per heavy atom. The van der Waals surface area contributed by atoms with Crippen LogP contribution in [0.2, 0.25) is 0 Å². The molecule has 7 heteroatoms. The lowest BCUT2D eigenvalue weighted by Gasteiger charge is -2.46. The standard InChI is InChI=1S/C22H22N2O5/c1-26-16-11-14-10-15-18(24-8-5-9-24)19-17(20(25)22(15,16)28-14)21(23-29-19)27-12-13-6-3-2-4-7-13/h2-4,6-7,11,14-15,18H,5,8-10,12H2,1H3/p+1/t14-,15?,18+,22+/m1/s1. The number of benzene rings is 1. The number of ketones is 1. The van der Waals surface area contributed by atoms with Crippen molar-refractivity contribution in [2.24, 2.45) is 5.92 Å².